The van der Waals surface area contributed by atoms with Crippen LogP contribution in [0.3, 0.4) is 0 Å². The van der Waals surface area contributed by atoms with E-state index in [1.807, 2.05) is 60.6 Å². The number of hydrogen-bond donors (Lipinski definition) is 2. The Bertz CT molecular complexity index is 809. The van der Waals surface area contributed by atoms with Gasteiger partial charge in [-0.2, -0.15) is 0 Å². The van der Waals surface area contributed by atoms with Gasteiger partial charge in [0.25, 0.3) is 0 Å². The number of phenols is 1. The summed E-state index contributed by atoms with van der Waals surface area (Å²) in [7, 11) is 0. The average molecular weight is 470 g/mol. The van der Waals surface area contributed by atoms with Crippen LogP contribution in [0.25, 0.3) is 0 Å². The molecule has 0 saturated heterocycles. The first kappa shape index (κ1) is 24.8. The summed E-state index contributed by atoms with van der Waals surface area (Å²) in [5.41, 5.74) is 2.70. The van der Waals surface area contributed by atoms with Crippen LogP contribution in [0.4, 0.5) is 0 Å². The number of thiazole rings is 1. The second-order valence-corrected chi connectivity index (χ2v) is 10.4. The number of H-pyrrole nitrogens is 1. The highest BCUT2D eigenvalue weighted by Gasteiger charge is 2.28. The number of ketones is 1. The lowest BCUT2D eigenvalue weighted by Crippen LogP contribution is -3.00. The summed E-state index contributed by atoms with van der Waals surface area (Å²) in [5, 5.41) is 20.9. The second-order valence-electron chi connectivity index (χ2n) is 9.19. The number of aromatic nitrogens is 1. The number of phenolic OH excluding ortho intramolecular Hbond substituents is 1. The van der Waals surface area contributed by atoms with Crippen LogP contribution in [-0.2, 0) is 23.7 Å². The number of carbonyl (C=O) groups excluding carboxylic acids is 1. The fraction of sp³-hybridized carbons (Fsp3) is 0.545. The molecule has 0 aliphatic heterocycles. The summed E-state index contributed by atoms with van der Waals surface area (Å²) < 4.78 is 0. The predicted octanol–water partition coefficient (Wildman–Crippen LogP) is 1.14. The third-order valence-electron chi connectivity index (χ3n) is 4.70. The van der Waals surface area contributed by atoms with Crippen LogP contribution < -0.4 is 22.0 Å². The highest BCUT2D eigenvalue weighted by atomic mass is 79.9. The fourth-order valence-electron chi connectivity index (χ4n) is 3.14. The number of aliphatic hydroxyl groups is 1. The van der Waals surface area contributed by atoms with Gasteiger partial charge < -0.3 is 27.2 Å². The van der Waals surface area contributed by atoms with Crippen LogP contribution in [0.5, 0.6) is 5.75 Å². The fourth-order valence-corrected chi connectivity index (χ4v) is 4.24. The molecule has 0 atom stereocenters. The largest absolute Gasteiger partial charge is 1.00 e. The highest BCUT2D eigenvalue weighted by Crippen LogP contribution is 2.40. The molecule has 28 heavy (non-hydrogen) atoms. The van der Waals surface area contributed by atoms with Crippen molar-refractivity contribution in [3.05, 3.63) is 44.4 Å². The maximum atomic E-state index is 13.0. The van der Waals surface area contributed by atoms with E-state index in [-0.39, 0.29) is 52.4 Å². The highest BCUT2D eigenvalue weighted by molar-refractivity contribution is 7.11. The minimum absolute atomic E-state index is 0. The Hall–Kier alpha value is -1.24. The van der Waals surface area contributed by atoms with E-state index in [0.29, 0.717) is 12.0 Å². The topological polar surface area (TPSA) is 71.7 Å². The zero-order chi connectivity index (χ0) is 20.6. The van der Waals surface area contributed by atoms with E-state index in [4.69, 9.17) is 5.11 Å². The molecule has 0 aliphatic rings. The van der Waals surface area contributed by atoms with Gasteiger partial charge in [-0.3, -0.25) is 4.79 Å². The molecular weight excluding hydrogens is 438 g/mol. The van der Waals surface area contributed by atoms with Crippen LogP contribution in [0, 0.1) is 6.92 Å². The number of aromatic hydroxyl groups is 1. The van der Waals surface area contributed by atoms with Gasteiger partial charge in [-0.05, 0) is 23.0 Å². The van der Waals surface area contributed by atoms with Gasteiger partial charge in [0.15, 0.2) is 11.5 Å². The lowest BCUT2D eigenvalue weighted by Gasteiger charge is -2.28. The van der Waals surface area contributed by atoms with Crippen LogP contribution in [-0.4, -0.2) is 22.6 Å². The van der Waals surface area contributed by atoms with E-state index in [2.05, 4.69) is 4.98 Å². The summed E-state index contributed by atoms with van der Waals surface area (Å²) in [6, 6.07) is 3.67. The number of nitrogens with one attached hydrogen (secondary N) is 1. The molecule has 156 valence electrons. The summed E-state index contributed by atoms with van der Waals surface area (Å²) >= 11 is 1.54. The van der Waals surface area contributed by atoms with Crippen molar-refractivity contribution in [3.8, 4) is 5.75 Å². The maximum absolute atomic E-state index is 13.0. The number of aliphatic hydroxyl groups excluding tert-OH is 1. The summed E-state index contributed by atoms with van der Waals surface area (Å²) in [6.07, 6.45) is 0.887. The number of hydrogen-bond acceptors (Lipinski definition) is 4. The Labute approximate surface area is 182 Å². The lowest BCUT2D eigenvalue weighted by atomic mass is 9.78. The molecule has 2 aromatic rings. The molecule has 0 unspecified atom stereocenters. The SMILES string of the molecule is Cc1[nH+]c(CC(=O)c2cc(C(C)(C)C)c(O)c(C(C)(C)C)c2)sc1CCO.[Br-]. The van der Waals surface area contributed by atoms with E-state index in [1.165, 1.54) is 0 Å². The van der Waals surface area contributed by atoms with E-state index in [9.17, 15) is 9.90 Å². The van der Waals surface area contributed by atoms with E-state index in [1.54, 1.807) is 11.3 Å². The molecule has 1 aromatic heterocycles. The van der Waals surface area contributed by atoms with E-state index < -0.39 is 0 Å². The van der Waals surface area contributed by atoms with E-state index >= 15 is 0 Å². The molecule has 0 fully saturated rings. The third-order valence-corrected chi connectivity index (χ3v) is 5.95. The Morgan fingerprint density at radius 1 is 1.07 bits per heavy atom. The standard InChI is InChI=1S/C22H31NO3S.BrH/c1-13-18(8-9-24)27-19(23-13)12-17(25)14-10-15(21(2,3)4)20(26)16(11-14)22(5,6)7;/h10-11,24,26H,8-9,12H2,1-7H3;1H. The van der Waals surface area contributed by atoms with Crippen molar-refractivity contribution >= 4 is 17.1 Å². The minimum Gasteiger partial charge on any atom is -1.00 e. The third kappa shape index (κ3) is 5.65. The average Bonchev–Trinajstić information content (AvgIpc) is 2.85. The van der Waals surface area contributed by atoms with Gasteiger partial charge in [-0.15, -0.1) is 0 Å². The number of carbonyl (C=O) groups is 1. The minimum atomic E-state index is -0.264. The second kappa shape index (κ2) is 9.06. The summed E-state index contributed by atoms with van der Waals surface area (Å²) in [5.74, 6) is 0.314. The smallest absolute Gasteiger partial charge is 0.243 e. The predicted molar refractivity (Wildman–Crippen MR) is 110 cm³/mol. The van der Waals surface area contributed by atoms with Crippen molar-refractivity contribution in [1.29, 1.82) is 0 Å². The molecule has 3 N–H and O–H groups in total. The van der Waals surface area contributed by atoms with Crippen LogP contribution in [0.15, 0.2) is 12.1 Å². The Kier molecular flexibility index (Phi) is 8.02. The van der Waals surface area contributed by atoms with Crippen molar-refractivity contribution in [2.24, 2.45) is 0 Å². The van der Waals surface area contributed by atoms with Gasteiger partial charge in [0.1, 0.15) is 12.2 Å². The number of aryl methyl sites for hydroxylation is 1. The normalized spacial score (nSPS) is 12.0. The van der Waals surface area contributed by atoms with Crippen molar-refractivity contribution in [2.45, 2.75) is 72.1 Å². The van der Waals surface area contributed by atoms with Gasteiger partial charge in [0.2, 0.25) is 5.01 Å². The molecule has 0 radical (unpaired) electrons. The monoisotopic (exact) mass is 469 g/mol. The number of benzene rings is 1. The quantitative estimate of drug-likeness (QED) is 0.644. The molecule has 4 nitrogen and oxygen atoms in total. The first-order valence-electron chi connectivity index (χ1n) is 9.37. The van der Waals surface area contributed by atoms with Gasteiger partial charge >= 0.3 is 0 Å². The van der Waals surface area contributed by atoms with E-state index in [0.717, 1.165) is 26.7 Å². The summed E-state index contributed by atoms with van der Waals surface area (Å²) in [4.78, 5) is 17.4. The van der Waals surface area contributed by atoms with Crippen molar-refractivity contribution in [1.82, 2.24) is 0 Å². The molecule has 1 heterocycles. The molecular formula is C22H32BrNO3S. The van der Waals surface area contributed by atoms with Crippen LogP contribution >= 0.6 is 11.3 Å². The van der Waals surface area contributed by atoms with Crippen molar-refractivity contribution < 1.29 is 37.0 Å². The maximum Gasteiger partial charge on any atom is 0.243 e. The van der Waals surface area contributed by atoms with Crippen LogP contribution in [0.2, 0.25) is 0 Å². The van der Waals surface area contributed by atoms with Gasteiger partial charge in [-0.1, -0.05) is 52.9 Å². The van der Waals surface area contributed by atoms with Crippen molar-refractivity contribution in [2.75, 3.05) is 6.61 Å². The molecule has 2 rings (SSSR count). The van der Waals surface area contributed by atoms with Gasteiger partial charge in [0.05, 0.1) is 4.88 Å². The Balaban J connectivity index is 0.00000392. The number of halogens is 1. The van der Waals surface area contributed by atoms with Crippen molar-refractivity contribution in [3.63, 3.8) is 0 Å². The first-order chi connectivity index (χ1) is 12.3. The molecule has 0 amide bonds. The van der Waals surface area contributed by atoms with Gasteiger partial charge in [-0.25, -0.2) is 4.98 Å². The molecule has 1 aromatic carbocycles. The molecule has 0 saturated carbocycles. The first-order valence-corrected chi connectivity index (χ1v) is 10.2. The Morgan fingerprint density at radius 2 is 1.57 bits per heavy atom. The molecule has 0 aliphatic carbocycles. The zero-order valence-corrected chi connectivity index (χ0v) is 20.3. The Morgan fingerprint density at radius 3 is 2.00 bits per heavy atom. The van der Waals surface area contributed by atoms with Gasteiger partial charge in [0, 0.05) is 36.6 Å². The zero-order valence-electron chi connectivity index (χ0n) is 17.9. The number of aromatic amines is 1. The molecule has 0 spiro atoms. The summed E-state index contributed by atoms with van der Waals surface area (Å²) in [6.45, 7) is 14.3. The molecule has 0 bridgehead atoms. The number of rotatable bonds is 5. The number of Topliss-reactive ketones (excluding diaryl/α,β-unsaturated/α-hetero) is 1. The lowest BCUT2D eigenvalue weighted by molar-refractivity contribution is -0.390. The van der Waals surface area contributed by atoms with Crippen LogP contribution in [0.1, 0.15) is 78.6 Å². The molecule has 6 heteroatoms.